The SMILES string of the molecule is Cc1ccc(C(=O)O)c(Sc2nc(N)cc(N)n2)n1. The Morgan fingerprint density at radius 2 is 1.84 bits per heavy atom. The number of aryl methyl sites for hydroxylation is 1. The first-order valence-corrected chi connectivity index (χ1v) is 6.06. The summed E-state index contributed by atoms with van der Waals surface area (Å²) in [4.78, 5) is 23.2. The predicted molar refractivity (Wildman–Crippen MR) is 70.9 cm³/mol. The normalized spacial score (nSPS) is 10.4. The molecule has 8 heteroatoms. The summed E-state index contributed by atoms with van der Waals surface area (Å²) in [6.07, 6.45) is 0. The number of aromatic carboxylic acids is 1. The Labute approximate surface area is 113 Å². The smallest absolute Gasteiger partial charge is 0.338 e. The third-order valence-electron chi connectivity index (χ3n) is 2.16. The van der Waals surface area contributed by atoms with Gasteiger partial charge in [-0.05, 0) is 30.8 Å². The van der Waals surface area contributed by atoms with Gasteiger partial charge in [-0.15, -0.1) is 0 Å². The van der Waals surface area contributed by atoms with Gasteiger partial charge in [0.1, 0.15) is 16.7 Å². The Morgan fingerprint density at radius 1 is 1.21 bits per heavy atom. The molecule has 98 valence electrons. The van der Waals surface area contributed by atoms with E-state index in [0.717, 1.165) is 11.8 Å². The average Bonchev–Trinajstić information content (AvgIpc) is 2.26. The molecule has 0 radical (unpaired) electrons. The summed E-state index contributed by atoms with van der Waals surface area (Å²) in [7, 11) is 0. The van der Waals surface area contributed by atoms with Crippen LogP contribution in [-0.2, 0) is 0 Å². The summed E-state index contributed by atoms with van der Waals surface area (Å²) in [5, 5.41) is 9.67. The van der Waals surface area contributed by atoms with Crippen molar-refractivity contribution in [3.8, 4) is 0 Å². The van der Waals surface area contributed by atoms with Crippen LogP contribution < -0.4 is 11.5 Å². The van der Waals surface area contributed by atoms with E-state index < -0.39 is 5.97 Å². The molecule has 2 rings (SSSR count). The zero-order chi connectivity index (χ0) is 14.0. The molecule has 2 aromatic rings. The van der Waals surface area contributed by atoms with Gasteiger partial charge in [0.25, 0.3) is 0 Å². The summed E-state index contributed by atoms with van der Waals surface area (Å²) in [5.41, 5.74) is 11.9. The van der Waals surface area contributed by atoms with E-state index in [2.05, 4.69) is 15.0 Å². The second kappa shape index (κ2) is 5.11. The number of nitrogen functional groups attached to an aromatic ring is 2. The molecule has 7 nitrogen and oxygen atoms in total. The van der Waals surface area contributed by atoms with Crippen LogP contribution in [0.15, 0.2) is 28.4 Å². The minimum Gasteiger partial charge on any atom is -0.478 e. The van der Waals surface area contributed by atoms with Crippen molar-refractivity contribution in [3.63, 3.8) is 0 Å². The summed E-state index contributed by atoms with van der Waals surface area (Å²) < 4.78 is 0. The Bertz CT molecular complexity index is 627. The van der Waals surface area contributed by atoms with Crippen LogP contribution >= 0.6 is 11.8 Å². The number of hydrogen-bond acceptors (Lipinski definition) is 7. The highest BCUT2D eigenvalue weighted by molar-refractivity contribution is 7.99. The third kappa shape index (κ3) is 3.10. The maximum atomic E-state index is 11.1. The predicted octanol–water partition coefficient (Wildman–Crippen LogP) is 1.19. The lowest BCUT2D eigenvalue weighted by Crippen LogP contribution is -2.03. The van der Waals surface area contributed by atoms with Crippen molar-refractivity contribution in [2.75, 3.05) is 11.5 Å². The molecule has 0 aliphatic heterocycles. The van der Waals surface area contributed by atoms with Crippen molar-refractivity contribution < 1.29 is 9.90 Å². The molecular formula is C11H11N5O2S. The van der Waals surface area contributed by atoms with Crippen LogP contribution in [0.3, 0.4) is 0 Å². The van der Waals surface area contributed by atoms with Gasteiger partial charge < -0.3 is 16.6 Å². The van der Waals surface area contributed by atoms with Gasteiger partial charge in [-0.1, -0.05) is 0 Å². The van der Waals surface area contributed by atoms with Gasteiger partial charge in [-0.3, -0.25) is 0 Å². The van der Waals surface area contributed by atoms with Gasteiger partial charge in [0.15, 0.2) is 5.16 Å². The van der Waals surface area contributed by atoms with Crippen LogP contribution in [-0.4, -0.2) is 26.0 Å². The van der Waals surface area contributed by atoms with E-state index in [1.54, 1.807) is 13.0 Å². The molecule has 0 saturated heterocycles. The highest BCUT2D eigenvalue weighted by atomic mass is 32.2. The molecule has 0 spiro atoms. The second-order valence-electron chi connectivity index (χ2n) is 3.71. The molecule has 2 aromatic heterocycles. The minimum absolute atomic E-state index is 0.0835. The van der Waals surface area contributed by atoms with Gasteiger partial charge in [-0.2, -0.15) is 0 Å². The van der Waals surface area contributed by atoms with Crippen molar-refractivity contribution >= 4 is 29.4 Å². The standard InChI is InChI=1S/C11H11N5O2S/c1-5-2-3-6(10(17)18)9(14-5)19-11-15-7(12)4-8(13)16-11/h2-4H,1H3,(H,17,18)(H4,12,13,15,16). The van der Waals surface area contributed by atoms with Crippen LogP contribution in [0.5, 0.6) is 0 Å². The number of carboxylic acids is 1. The van der Waals surface area contributed by atoms with Crippen molar-refractivity contribution in [3.05, 3.63) is 29.5 Å². The molecule has 19 heavy (non-hydrogen) atoms. The molecule has 0 aliphatic carbocycles. The highest BCUT2D eigenvalue weighted by Gasteiger charge is 2.14. The summed E-state index contributed by atoms with van der Waals surface area (Å²) >= 11 is 1.01. The number of carbonyl (C=O) groups is 1. The Balaban J connectivity index is 2.42. The van der Waals surface area contributed by atoms with E-state index >= 15 is 0 Å². The van der Waals surface area contributed by atoms with E-state index in [9.17, 15) is 4.79 Å². The van der Waals surface area contributed by atoms with Crippen LogP contribution in [0.2, 0.25) is 0 Å². The van der Waals surface area contributed by atoms with Crippen LogP contribution in [0.25, 0.3) is 0 Å². The zero-order valence-electron chi connectivity index (χ0n) is 9.99. The van der Waals surface area contributed by atoms with Gasteiger partial charge in [0, 0.05) is 11.8 Å². The molecule has 2 heterocycles. The van der Waals surface area contributed by atoms with Crippen LogP contribution in [0, 0.1) is 6.92 Å². The maximum absolute atomic E-state index is 11.1. The quantitative estimate of drug-likeness (QED) is 0.714. The highest BCUT2D eigenvalue weighted by Crippen LogP contribution is 2.27. The Kier molecular flexibility index (Phi) is 3.52. The van der Waals surface area contributed by atoms with Gasteiger partial charge in [-0.25, -0.2) is 19.7 Å². The zero-order valence-corrected chi connectivity index (χ0v) is 10.8. The maximum Gasteiger partial charge on any atom is 0.338 e. The molecule has 0 bridgehead atoms. The number of carboxylic acid groups (broad SMARTS) is 1. The first kappa shape index (κ1) is 13.1. The fourth-order valence-electron chi connectivity index (χ4n) is 1.37. The lowest BCUT2D eigenvalue weighted by atomic mass is 10.2. The average molecular weight is 277 g/mol. The fraction of sp³-hybridized carbons (Fsp3) is 0.0909. The lowest BCUT2D eigenvalue weighted by molar-refractivity contribution is 0.0692. The first-order valence-electron chi connectivity index (χ1n) is 5.24. The van der Waals surface area contributed by atoms with Crippen molar-refractivity contribution in [2.45, 2.75) is 17.1 Å². The van der Waals surface area contributed by atoms with E-state index in [1.165, 1.54) is 12.1 Å². The van der Waals surface area contributed by atoms with Crippen LogP contribution in [0.4, 0.5) is 11.6 Å². The summed E-state index contributed by atoms with van der Waals surface area (Å²) in [6, 6.07) is 4.54. The fourth-order valence-corrected chi connectivity index (χ4v) is 2.30. The number of aromatic nitrogens is 3. The first-order chi connectivity index (χ1) is 8.95. The van der Waals surface area contributed by atoms with Crippen molar-refractivity contribution in [2.24, 2.45) is 0 Å². The van der Waals surface area contributed by atoms with Gasteiger partial charge in [0.05, 0.1) is 5.56 Å². The number of anilines is 2. The lowest BCUT2D eigenvalue weighted by Gasteiger charge is -2.06. The molecule has 0 amide bonds. The number of hydrogen-bond donors (Lipinski definition) is 3. The van der Waals surface area contributed by atoms with Gasteiger partial charge in [0.2, 0.25) is 0 Å². The molecule has 5 N–H and O–H groups in total. The molecule has 0 saturated carbocycles. The molecular weight excluding hydrogens is 266 g/mol. The van der Waals surface area contributed by atoms with E-state index in [0.29, 0.717) is 10.7 Å². The number of nitrogens with zero attached hydrogens (tertiary/aromatic N) is 3. The van der Waals surface area contributed by atoms with Gasteiger partial charge >= 0.3 is 5.97 Å². The monoisotopic (exact) mass is 277 g/mol. The third-order valence-corrected chi connectivity index (χ3v) is 3.03. The van der Waals surface area contributed by atoms with E-state index in [-0.39, 0.29) is 22.4 Å². The molecule has 0 fully saturated rings. The number of pyridine rings is 1. The summed E-state index contributed by atoms with van der Waals surface area (Å²) in [5.74, 6) is -0.620. The van der Waals surface area contributed by atoms with Crippen molar-refractivity contribution in [1.82, 2.24) is 15.0 Å². The minimum atomic E-state index is -1.06. The second-order valence-corrected chi connectivity index (χ2v) is 4.67. The summed E-state index contributed by atoms with van der Waals surface area (Å²) in [6.45, 7) is 1.77. The molecule has 0 unspecified atom stereocenters. The van der Waals surface area contributed by atoms with E-state index in [4.69, 9.17) is 16.6 Å². The van der Waals surface area contributed by atoms with E-state index in [1.807, 2.05) is 0 Å². The molecule has 0 aliphatic rings. The molecule has 0 aromatic carbocycles. The Morgan fingerprint density at radius 3 is 2.42 bits per heavy atom. The molecule has 0 atom stereocenters. The number of nitrogens with two attached hydrogens (primary N) is 2. The van der Waals surface area contributed by atoms with Crippen LogP contribution in [0.1, 0.15) is 16.1 Å². The Hall–Kier alpha value is -2.35. The largest absolute Gasteiger partial charge is 0.478 e. The van der Waals surface area contributed by atoms with Crippen molar-refractivity contribution in [1.29, 1.82) is 0 Å². The number of rotatable bonds is 3. The topological polar surface area (TPSA) is 128 Å².